The lowest BCUT2D eigenvalue weighted by atomic mass is 10.2. The molecular weight excluding hydrogens is 284 g/mol. The van der Waals surface area contributed by atoms with Gasteiger partial charge in [-0.3, -0.25) is 9.55 Å². The first-order valence-corrected chi connectivity index (χ1v) is 6.34. The monoisotopic (exact) mass is 292 g/mol. The molecule has 0 bridgehead atoms. The van der Waals surface area contributed by atoms with E-state index in [0.717, 1.165) is 5.56 Å². The van der Waals surface area contributed by atoms with E-state index in [1.54, 1.807) is 12.1 Å². The second-order valence-corrected chi connectivity index (χ2v) is 4.92. The number of hydrogen-bond acceptors (Lipinski definition) is 3. The molecule has 0 fully saturated rings. The van der Waals surface area contributed by atoms with E-state index in [0.29, 0.717) is 27.4 Å². The molecule has 3 rings (SSSR count). The summed E-state index contributed by atoms with van der Waals surface area (Å²) < 4.78 is 1.90. The zero-order chi connectivity index (χ0) is 13.4. The molecule has 0 radical (unpaired) electrons. The average Bonchev–Trinajstić information content (AvgIpc) is 2.86. The van der Waals surface area contributed by atoms with E-state index in [1.165, 1.54) is 10.9 Å². The Morgan fingerprint density at radius 2 is 2.05 bits per heavy atom. The maximum atomic E-state index is 12.0. The van der Waals surface area contributed by atoms with Crippen molar-refractivity contribution in [1.29, 1.82) is 0 Å². The number of hydrogen-bond donors (Lipinski definition) is 2. The molecule has 0 saturated carbocycles. The number of imidazole rings is 1. The highest BCUT2D eigenvalue weighted by Crippen LogP contribution is 2.12. The van der Waals surface area contributed by atoms with Gasteiger partial charge in [-0.1, -0.05) is 36.0 Å². The Morgan fingerprint density at radius 3 is 2.79 bits per heavy atom. The van der Waals surface area contributed by atoms with E-state index in [1.807, 2.05) is 12.1 Å². The molecule has 3 aromatic rings. The number of rotatable bonds is 2. The van der Waals surface area contributed by atoms with Gasteiger partial charge in [-0.05, 0) is 17.7 Å². The summed E-state index contributed by atoms with van der Waals surface area (Å²) in [4.78, 5) is 21.7. The molecule has 0 atom stereocenters. The predicted molar refractivity (Wildman–Crippen MR) is 76.1 cm³/mol. The number of H-pyrrole nitrogens is 2. The Balaban J connectivity index is 2.15. The fourth-order valence-corrected chi connectivity index (χ4v) is 2.26. The summed E-state index contributed by atoms with van der Waals surface area (Å²) >= 11 is 10.9. The number of fused-ring (bicyclic) bond motifs is 1. The Hall–Kier alpha value is -1.92. The van der Waals surface area contributed by atoms with Gasteiger partial charge in [-0.25, -0.2) is 9.78 Å². The van der Waals surface area contributed by atoms with Gasteiger partial charge in [0.05, 0.1) is 12.9 Å². The van der Waals surface area contributed by atoms with Crippen molar-refractivity contribution in [3.63, 3.8) is 0 Å². The normalized spacial score (nSPS) is 11.0. The van der Waals surface area contributed by atoms with Gasteiger partial charge in [0.25, 0.3) is 0 Å². The van der Waals surface area contributed by atoms with Crippen LogP contribution in [0.5, 0.6) is 0 Å². The molecule has 1 aromatic carbocycles. The number of nitrogens with zero attached hydrogens (tertiary/aromatic N) is 2. The molecule has 0 aliphatic heterocycles. The third-order valence-electron chi connectivity index (χ3n) is 2.82. The van der Waals surface area contributed by atoms with Crippen LogP contribution in [0.4, 0.5) is 0 Å². The van der Waals surface area contributed by atoms with E-state index in [-0.39, 0.29) is 5.69 Å². The lowest BCUT2D eigenvalue weighted by molar-refractivity contribution is 0.752. The van der Waals surface area contributed by atoms with Crippen molar-refractivity contribution in [2.45, 2.75) is 6.54 Å². The predicted octanol–water partition coefficient (Wildman–Crippen LogP) is 2.48. The molecule has 96 valence electrons. The van der Waals surface area contributed by atoms with Crippen LogP contribution in [0.25, 0.3) is 11.2 Å². The van der Waals surface area contributed by atoms with Gasteiger partial charge in [0.1, 0.15) is 10.2 Å². The van der Waals surface area contributed by atoms with Gasteiger partial charge in [0, 0.05) is 5.02 Å². The zero-order valence-electron chi connectivity index (χ0n) is 9.68. The average molecular weight is 293 g/mol. The van der Waals surface area contributed by atoms with Crippen LogP contribution < -0.4 is 5.69 Å². The highest BCUT2D eigenvalue weighted by Gasteiger charge is 2.08. The maximum absolute atomic E-state index is 12.0. The van der Waals surface area contributed by atoms with Gasteiger partial charge in [0.2, 0.25) is 0 Å². The largest absolute Gasteiger partial charge is 0.341 e. The first-order chi connectivity index (χ1) is 9.15. The Morgan fingerprint density at radius 1 is 1.32 bits per heavy atom. The summed E-state index contributed by atoms with van der Waals surface area (Å²) in [5.74, 6) is 0. The van der Waals surface area contributed by atoms with Crippen LogP contribution in [0, 0.1) is 4.64 Å². The van der Waals surface area contributed by atoms with E-state index in [9.17, 15) is 4.79 Å². The van der Waals surface area contributed by atoms with Crippen LogP contribution in [0.2, 0.25) is 5.02 Å². The van der Waals surface area contributed by atoms with Crippen molar-refractivity contribution in [1.82, 2.24) is 19.5 Å². The quantitative estimate of drug-likeness (QED) is 0.713. The minimum Gasteiger partial charge on any atom is -0.341 e. The highest BCUT2D eigenvalue weighted by atomic mass is 35.5. The van der Waals surface area contributed by atoms with Crippen molar-refractivity contribution in [2.75, 3.05) is 0 Å². The molecular formula is C12H9ClN4OS. The number of halogens is 1. The first-order valence-electron chi connectivity index (χ1n) is 5.56. The Labute approximate surface area is 117 Å². The van der Waals surface area contributed by atoms with Gasteiger partial charge < -0.3 is 4.98 Å². The van der Waals surface area contributed by atoms with Crippen molar-refractivity contribution in [2.24, 2.45) is 0 Å². The fraction of sp³-hybridized carbons (Fsp3) is 0.0833. The molecule has 2 N–H and O–H groups in total. The molecule has 0 aliphatic carbocycles. The molecule has 2 heterocycles. The van der Waals surface area contributed by atoms with E-state index in [4.69, 9.17) is 23.8 Å². The standard InChI is InChI=1S/C12H9ClN4OS/c13-8-3-1-7(2-4-8)5-17-10-9(14-6-15-10)11(19)16-12(17)18/h1-4,6H,5H2,(H,14,15)(H,16,18,19). The van der Waals surface area contributed by atoms with E-state index < -0.39 is 0 Å². The number of aromatic amines is 2. The van der Waals surface area contributed by atoms with Crippen molar-refractivity contribution < 1.29 is 0 Å². The first kappa shape index (κ1) is 12.1. The smallest absolute Gasteiger partial charge is 0.328 e. The minimum atomic E-state index is -0.278. The molecule has 19 heavy (non-hydrogen) atoms. The van der Waals surface area contributed by atoms with E-state index >= 15 is 0 Å². The molecule has 0 unspecified atom stereocenters. The number of benzene rings is 1. The highest BCUT2D eigenvalue weighted by molar-refractivity contribution is 7.71. The van der Waals surface area contributed by atoms with Crippen LogP contribution in [-0.2, 0) is 6.54 Å². The summed E-state index contributed by atoms with van der Waals surface area (Å²) in [5, 5.41) is 0.661. The lowest BCUT2D eigenvalue weighted by Gasteiger charge is -2.06. The van der Waals surface area contributed by atoms with Crippen molar-refractivity contribution in [3.8, 4) is 0 Å². The van der Waals surface area contributed by atoms with Crippen LogP contribution >= 0.6 is 23.8 Å². The third kappa shape index (κ3) is 2.20. The van der Waals surface area contributed by atoms with E-state index in [2.05, 4.69) is 15.0 Å². The van der Waals surface area contributed by atoms with Gasteiger partial charge >= 0.3 is 5.69 Å². The Bertz CT molecular complexity index is 847. The topological polar surface area (TPSA) is 66.5 Å². The summed E-state index contributed by atoms with van der Waals surface area (Å²) in [6, 6.07) is 7.31. The van der Waals surface area contributed by atoms with Gasteiger partial charge in [0.15, 0.2) is 5.65 Å². The Kier molecular flexibility index (Phi) is 2.96. The van der Waals surface area contributed by atoms with Crippen LogP contribution in [-0.4, -0.2) is 19.5 Å². The molecule has 0 amide bonds. The van der Waals surface area contributed by atoms with Crippen LogP contribution in [0.3, 0.4) is 0 Å². The summed E-state index contributed by atoms with van der Waals surface area (Å²) in [5.41, 5.74) is 1.88. The van der Waals surface area contributed by atoms with Gasteiger partial charge in [-0.2, -0.15) is 0 Å². The summed E-state index contributed by atoms with van der Waals surface area (Å²) in [6.07, 6.45) is 1.52. The lowest BCUT2D eigenvalue weighted by Crippen LogP contribution is -2.24. The summed E-state index contributed by atoms with van der Waals surface area (Å²) in [6.45, 7) is 0.406. The minimum absolute atomic E-state index is 0.278. The van der Waals surface area contributed by atoms with Crippen LogP contribution in [0.15, 0.2) is 35.4 Å². The molecule has 5 nitrogen and oxygen atoms in total. The third-order valence-corrected chi connectivity index (χ3v) is 3.38. The molecule has 0 aliphatic rings. The zero-order valence-corrected chi connectivity index (χ0v) is 11.3. The number of nitrogens with one attached hydrogen (secondary N) is 2. The van der Waals surface area contributed by atoms with Crippen molar-refractivity contribution >= 4 is 35.0 Å². The molecule has 7 heteroatoms. The second-order valence-electron chi connectivity index (χ2n) is 4.07. The summed E-state index contributed by atoms with van der Waals surface area (Å²) in [7, 11) is 0. The maximum Gasteiger partial charge on any atom is 0.328 e. The number of aromatic nitrogens is 4. The van der Waals surface area contributed by atoms with Crippen LogP contribution in [0.1, 0.15) is 5.56 Å². The SMILES string of the molecule is O=c1[nH]c(=S)c2[nH]cnc2n1Cc1ccc(Cl)cc1. The molecule has 2 aromatic heterocycles. The fourth-order valence-electron chi connectivity index (χ4n) is 1.90. The molecule has 0 saturated heterocycles. The second kappa shape index (κ2) is 4.64. The van der Waals surface area contributed by atoms with Gasteiger partial charge in [-0.15, -0.1) is 0 Å². The van der Waals surface area contributed by atoms with Crippen molar-refractivity contribution in [3.05, 3.63) is 56.3 Å². The molecule has 0 spiro atoms.